The van der Waals surface area contributed by atoms with Crippen molar-refractivity contribution in [2.75, 3.05) is 11.1 Å². The first-order chi connectivity index (χ1) is 6.72. The molecule has 0 fully saturated rings. The summed E-state index contributed by atoms with van der Waals surface area (Å²) in [5, 5.41) is 8.37. The number of hydrogen-bond donors (Lipinski definition) is 1. The Labute approximate surface area is 87.1 Å². The van der Waals surface area contributed by atoms with Crippen LogP contribution in [0.15, 0.2) is 5.03 Å². The van der Waals surface area contributed by atoms with Crippen molar-refractivity contribution in [2.24, 2.45) is 7.05 Å². The number of carbonyl (C=O) groups is 1. The minimum Gasteiger partial charge on any atom is -0.322 e. The average Bonchev–Trinajstić information content (AvgIpc) is 2.44. The van der Waals surface area contributed by atoms with Gasteiger partial charge in [-0.15, -0.1) is 0 Å². The predicted octanol–water partition coefficient (Wildman–Crippen LogP) is 1.42. The maximum Gasteiger partial charge on any atom is 0.234 e. The number of fused-ring (bicyclic) bond motifs is 1. The maximum absolute atomic E-state index is 11.2. The van der Waals surface area contributed by atoms with Crippen LogP contribution in [0.2, 0.25) is 0 Å². The van der Waals surface area contributed by atoms with Gasteiger partial charge in [-0.25, -0.2) is 0 Å². The molecule has 0 saturated carbocycles. The zero-order valence-corrected chi connectivity index (χ0v) is 9.15. The van der Waals surface area contributed by atoms with Gasteiger partial charge < -0.3 is 5.32 Å². The van der Waals surface area contributed by atoms with Gasteiger partial charge in [-0.1, -0.05) is 25.1 Å². The molecular formula is C9H13N3OS. The zero-order valence-electron chi connectivity index (χ0n) is 8.33. The van der Waals surface area contributed by atoms with E-state index >= 15 is 0 Å². The number of aromatic nitrogens is 2. The van der Waals surface area contributed by atoms with Crippen molar-refractivity contribution in [2.45, 2.75) is 24.8 Å². The highest BCUT2D eigenvalue weighted by molar-refractivity contribution is 8.00. The molecule has 0 radical (unpaired) electrons. The van der Waals surface area contributed by atoms with E-state index in [1.165, 1.54) is 0 Å². The van der Waals surface area contributed by atoms with Crippen LogP contribution in [0.25, 0.3) is 0 Å². The zero-order chi connectivity index (χ0) is 10.1. The summed E-state index contributed by atoms with van der Waals surface area (Å²) in [5.41, 5.74) is 1.93. The van der Waals surface area contributed by atoms with Crippen molar-refractivity contribution in [3.05, 3.63) is 5.69 Å². The number of anilines is 1. The smallest absolute Gasteiger partial charge is 0.234 e. The van der Waals surface area contributed by atoms with Gasteiger partial charge in [0.15, 0.2) is 0 Å². The van der Waals surface area contributed by atoms with Crippen molar-refractivity contribution in [1.82, 2.24) is 9.78 Å². The van der Waals surface area contributed by atoms with E-state index in [9.17, 15) is 4.79 Å². The number of aryl methyl sites for hydroxylation is 2. The summed E-state index contributed by atoms with van der Waals surface area (Å²) >= 11 is 1.56. The van der Waals surface area contributed by atoms with Crippen LogP contribution in [0, 0.1) is 0 Å². The molecule has 0 bridgehead atoms. The molecular weight excluding hydrogens is 198 g/mol. The Morgan fingerprint density at radius 1 is 1.64 bits per heavy atom. The van der Waals surface area contributed by atoms with Crippen molar-refractivity contribution in [1.29, 1.82) is 0 Å². The van der Waals surface area contributed by atoms with Gasteiger partial charge in [0, 0.05) is 7.05 Å². The molecule has 1 N–H and O–H groups in total. The second-order valence-electron chi connectivity index (χ2n) is 3.34. The molecule has 14 heavy (non-hydrogen) atoms. The van der Waals surface area contributed by atoms with Crippen LogP contribution in [-0.2, 0) is 18.3 Å². The summed E-state index contributed by atoms with van der Waals surface area (Å²) < 4.78 is 1.85. The summed E-state index contributed by atoms with van der Waals surface area (Å²) in [4.78, 5) is 11.2. The maximum atomic E-state index is 11.2. The van der Waals surface area contributed by atoms with Gasteiger partial charge in [-0.3, -0.25) is 9.48 Å². The Hall–Kier alpha value is -0.970. The lowest BCUT2D eigenvalue weighted by molar-refractivity contribution is -0.113. The predicted molar refractivity (Wildman–Crippen MR) is 56.6 cm³/mol. The lowest BCUT2D eigenvalue weighted by Crippen LogP contribution is -2.19. The van der Waals surface area contributed by atoms with Crippen LogP contribution in [0.5, 0.6) is 0 Å². The molecule has 0 spiro atoms. The third kappa shape index (κ3) is 1.52. The Morgan fingerprint density at radius 2 is 2.43 bits per heavy atom. The molecule has 1 aliphatic rings. The number of carbonyl (C=O) groups excluding carboxylic acids is 1. The van der Waals surface area contributed by atoms with E-state index in [1.807, 2.05) is 11.7 Å². The highest BCUT2D eigenvalue weighted by Crippen LogP contribution is 2.33. The van der Waals surface area contributed by atoms with Gasteiger partial charge in [-0.2, -0.15) is 5.10 Å². The number of hydrogen-bond acceptors (Lipinski definition) is 3. The molecule has 1 aromatic rings. The first-order valence-corrected chi connectivity index (χ1v) is 5.69. The summed E-state index contributed by atoms with van der Waals surface area (Å²) in [6.07, 6.45) is 1.97. The quantitative estimate of drug-likeness (QED) is 0.804. The monoisotopic (exact) mass is 211 g/mol. The minimum absolute atomic E-state index is 0.0767. The summed E-state index contributed by atoms with van der Waals surface area (Å²) in [6.45, 7) is 2.11. The normalized spacial score (nSPS) is 15.1. The van der Waals surface area contributed by atoms with E-state index < -0.39 is 0 Å². The fourth-order valence-corrected chi connectivity index (χ4v) is 2.45. The van der Waals surface area contributed by atoms with Gasteiger partial charge in [0.2, 0.25) is 5.91 Å². The Morgan fingerprint density at radius 3 is 3.14 bits per heavy atom. The molecule has 5 heteroatoms. The van der Waals surface area contributed by atoms with E-state index in [0.29, 0.717) is 5.75 Å². The van der Waals surface area contributed by atoms with Crippen LogP contribution in [-0.4, -0.2) is 21.4 Å². The van der Waals surface area contributed by atoms with E-state index in [1.54, 1.807) is 11.8 Å². The third-order valence-electron chi connectivity index (χ3n) is 2.16. The lowest BCUT2D eigenvalue weighted by Gasteiger charge is -2.13. The number of rotatable bonds is 2. The summed E-state index contributed by atoms with van der Waals surface area (Å²) in [5.74, 6) is 0.575. The van der Waals surface area contributed by atoms with Gasteiger partial charge in [0.25, 0.3) is 0 Å². The van der Waals surface area contributed by atoms with E-state index in [4.69, 9.17) is 0 Å². The van der Waals surface area contributed by atoms with E-state index in [2.05, 4.69) is 17.3 Å². The molecule has 2 heterocycles. The highest BCUT2D eigenvalue weighted by atomic mass is 32.2. The summed E-state index contributed by atoms with van der Waals surface area (Å²) in [6, 6.07) is 0. The van der Waals surface area contributed by atoms with Crippen LogP contribution in [0.1, 0.15) is 19.0 Å². The Balaban J connectivity index is 2.39. The van der Waals surface area contributed by atoms with Gasteiger partial charge in [-0.05, 0) is 6.42 Å². The average molecular weight is 211 g/mol. The van der Waals surface area contributed by atoms with Crippen LogP contribution < -0.4 is 5.32 Å². The largest absolute Gasteiger partial charge is 0.322 e. The van der Waals surface area contributed by atoms with Gasteiger partial charge in [0.05, 0.1) is 17.1 Å². The Bertz CT molecular complexity index is 372. The first-order valence-electron chi connectivity index (χ1n) is 4.71. The molecule has 0 unspecified atom stereocenters. The second kappa shape index (κ2) is 3.65. The van der Waals surface area contributed by atoms with E-state index in [-0.39, 0.29) is 5.91 Å². The standard InChI is InChI=1S/C9H13N3OS/c1-3-4-6-8-9(12(2)11-6)14-5-7(13)10-8/h3-5H2,1-2H3,(H,10,13). The number of nitrogens with one attached hydrogen (secondary N) is 1. The SMILES string of the molecule is CCCc1nn(C)c2c1NC(=O)CS2. The van der Waals surface area contributed by atoms with Crippen molar-refractivity contribution in [3.8, 4) is 0 Å². The molecule has 1 aromatic heterocycles. The second-order valence-corrected chi connectivity index (χ2v) is 4.30. The molecule has 0 atom stereocenters. The lowest BCUT2D eigenvalue weighted by atomic mass is 10.2. The number of thioether (sulfide) groups is 1. The molecule has 2 rings (SSSR count). The molecule has 0 saturated heterocycles. The van der Waals surface area contributed by atoms with Crippen molar-refractivity contribution < 1.29 is 4.79 Å². The topological polar surface area (TPSA) is 46.9 Å². The van der Waals surface area contributed by atoms with Gasteiger partial charge in [0.1, 0.15) is 5.03 Å². The number of amides is 1. The van der Waals surface area contributed by atoms with Crippen molar-refractivity contribution in [3.63, 3.8) is 0 Å². The molecule has 1 amide bonds. The third-order valence-corrected chi connectivity index (χ3v) is 3.31. The van der Waals surface area contributed by atoms with Crippen LogP contribution >= 0.6 is 11.8 Å². The molecule has 0 aromatic carbocycles. The minimum atomic E-state index is 0.0767. The fraction of sp³-hybridized carbons (Fsp3) is 0.556. The Kier molecular flexibility index (Phi) is 2.50. The van der Waals surface area contributed by atoms with Crippen molar-refractivity contribution >= 4 is 23.4 Å². The van der Waals surface area contributed by atoms with Gasteiger partial charge >= 0.3 is 0 Å². The number of nitrogens with zero attached hydrogens (tertiary/aromatic N) is 2. The molecule has 0 aliphatic carbocycles. The van der Waals surface area contributed by atoms with E-state index in [0.717, 1.165) is 29.2 Å². The van der Waals surface area contributed by atoms with Crippen LogP contribution in [0.4, 0.5) is 5.69 Å². The molecule has 4 nitrogen and oxygen atoms in total. The molecule has 76 valence electrons. The summed E-state index contributed by atoms with van der Waals surface area (Å²) in [7, 11) is 1.92. The fourth-order valence-electron chi connectivity index (χ4n) is 1.57. The highest BCUT2D eigenvalue weighted by Gasteiger charge is 2.23. The first kappa shape index (κ1) is 9.58. The van der Waals surface area contributed by atoms with Crippen LogP contribution in [0.3, 0.4) is 0 Å². The molecule has 1 aliphatic heterocycles.